The third kappa shape index (κ3) is 7.09. The Labute approximate surface area is 187 Å². The lowest BCUT2D eigenvalue weighted by Crippen LogP contribution is -2.34. The second kappa shape index (κ2) is 11.7. The van der Waals surface area contributed by atoms with Gasteiger partial charge in [0.05, 0.1) is 25.4 Å². The van der Waals surface area contributed by atoms with Gasteiger partial charge >= 0.3 is 6.61 Å². The predicted octanol–water partition coefficient (Wildman–Crippen LogP) is 5.08. The zero-order valence-corrected chi connectivity index (χ0v) is 18.5. The Hall–Kier alpha value is -2.87. The number of carbonyl (C=O) groups excluding carboxylic acids is 1. The first-order valence-electron chi connectivity index (χ1n) is 11.0. The maximum atomic E-state index is 12.8. The lowest BCUT2D eigenvalue weighted by molar-refractivity contribution is -0.117. The predicted molar refractivity (Wildman–Crippen MR) is 119 cm³/mol. The van der Waals surface area contributed by atoms with Gasteiger partial charge in [-0.15, -0.1) is 0 Å². The summed E-state index contributed by atoms with van der Waals surface area (Å²) in [6.07, 6.45) is 2.92. The normalized spacial score (nSPS) is 13.3. The van der Waals surface area contributed by atoms with Crippen LogP contribution in [0.2, 0.25) is 0 Å². The van der Waals surface area contributed by atoms with Crippen LogP contribution in [0.15, 0.2) is 42.5 Å². The van der Waals surface area contributed by atoms with Crippen molar-refractivity contribution < 1.29 is 27.8 Å². The molecule has 8 heteroatoms. The Morgan fingerprint density at radius 3 is 2.56 bits per heavy atom. The van der Waals surface area contributed by atoms with Gasteiger partial charge in [-0.05, 0) is 56.0 Å². The van der Waals surface area contributed by atoms with E-state index in [4.69, 9.17) is 9.47 Å². The first-order chi connectivity index (χ1) is 15.5. The number of nitrogens with one attached hydrogen (secondary N) is 1. The minimum atomic E-state index is -2.92. The van der Waals surface area contributed by atoms with Gasteiger partial charge in [0.25, 0.3) is 0 Å². The van der Waals surface area contributed by atoms with Crippen molar-refractivity contribution in [1.29, 1.82) is 0 Å². The minimum absolute atomic E-state index is 0.00463. The number of amides is 1. The number of hydrogen-bond acceptors (Lipinski definition) is 5. The number of carbonyl (C=O) groups is 1. The first-order valence-corrected chi connectivity index (χ1v) is 11.0. The lowest BCUT2D eigenvalue weighted by atomic mass is 10.2. The molecule has 6 nitrogen and oxygen atoms in total. The molecule has 0 atom stereocenters. The van der Waals surface area contributed by atoms with Gasteiger partial charge < -0.3 is 19.5 Å². The number of para-hydroxylation sites is 2. The molecule has 174 valence electrons. The number of ether oxygens (including phenoxy) is 3. The van der Waals surface area contributed by atoms with Crippen LogP contribution < -0.4 is 19.5 Å². The van der Waals surface area contributed by atoms with E-state index in [1.165, 1.54) is 6.07 Å². The van der Waals surface area contributed by atoms with Gasteiger partial charge in [-0.1, -0.05) is 25.1 Å². The smallest absolute Gasteiger partial charge is 0.387 e. The lowest BCUT2D eigenvalue weighted by Gasteiger charge is -2.22. The summed E-state index contributed by atoms with van der Waals surface area (Å²) < 4.78 is 41.0. The van der Waals surface area contributed by atoms with Crippen LogP contribution in [-0.4, -0.2) is 43.2 Å². The van der Waals surface area contributed by atoms with Gasteiger partial charge in [-0.25, -0.2) is 0 Å². The SMILES string of the molecule is CCCOc1ccccc1NC(=O)CN(Cc1ccc(OC(F)F)c(OCC)c1)C1CC1. The van der Waals surface area contributed by atoms with E-state index in [1.54, 1.807) is 19.1 Å². The molecule has 1 N–H and O–H groups in total. The van der Waals surface area contributed by atoms with Gasteiger partial charge in [-0.3, -0.25) is 9.69 Å². The van der Waals surface area contributed by atoms with E-state index < -0.39 is 6.61 Å². The van der Waals surface area contributed by atoms with E-state index in [1.807, 2.05) is 31.2 Å². The van der Waals surface area contributed by atoms with Crippen molar-refractivity contribution in [2.75, 3.05) is 25.1 Å². The first kappa shape index (κ1) is 23.8. The molecule has 1 aliphatic carbocycles. The standard InChI is InChI=1S/C24H30F2N2O4/c1-3-13-31-20-8-6-5-7-19(20)27-23(29)16-28(18-10-11-18)15-17-9-12-21(32-24(25)26)22(14-17)30-4-2/h5-9,12,14,18,24H,3-4,10-11,13,15-16H2,1-2H3,(H,27,29). The van der Waals surface area contributed by atoms with Crippen molar-refractivity contribution in [2.45, 2.75) is 52.3 Å². The van der Waals surface area contributed by atoms with Gasteiger partial charge in [0, 0.05) is 12.6 Å². The summed E-state index contributed by atoms with van der Waals surface area (Å²) in [5.74, 6) is 0.793. The second-order valence-corrected chi connectivity index (χ2v) is 7.62. The molecule has 1 saturated carbocycles. The molecule has 1 aliphatic rings. The molecule has 3 rings (SSSR count). The second-order valence-electron chi connectivity index (χ2n) is 7.62. The fourth-order valence-corrected chi connectivity index (χ4v) is 3.38. The van der Waals surface area contributed by atoms with Crippen LogP contribution >= 0.6 is 0 Å². The number of alkyl halides is 2. The van der Waals surface area contributed by atoms with E-state index in [2.05, 4.69) is 15.0 Å². The summed E-state index contributed by atoms with van der Waals surface area (Å²) in [6.45, 7) is 2.51. The molecule has 0 aromatic heterocycles. The molecule has 0 heterocycles. The summed E-state index contributed by atoms with van der Waals surface area (Å²) in [6, 6.07) is 12.6. The van der Waals surface area contributed by atoms with Gasteiger partial charge in [0.1, 0.15) is 5.75 Å². The van der Waals surface area contributed by atoms with Crippen LogP contribution in [0.25, 0.3) is 0 Å². The van der Waals surface area contributed by atoms with Crippen LogP contribution in [-0.2, 0) is 11.3 Å². The monoisotopic (exact) mass is 448 g/mol. The molecular weight excluding hydrogens is 418 g/mol. The van der Waals surface area contributed by atoms with E-state index in [9.17, 15) is 13.6 Å². The minimum Gasteiger partial charge on any atom is -0.491 e. The number of benzene rings is 2. The largest absolute Gasteiger partial charge is 0.491 e. The molecule has 0 saturated heterocycles. The fourth-order valence-electron chi connectivity index (χ4n) is 3.38. The zero-order chi connectivity index (χ0) is 22.9. The summed E-state index contributed by atoms with van der Waals surface area (Å²) in [5, 5.41) is 2.95. The van der Waals surface area contributed by atoms with Crippen molar-refractivity contribution in [3.63, 3.8) is 0 Å². The van der Waals surface area contributed by atoms with Crippen LogP contribution in [0.1, 0.15) is 38.7 Å². The van der Waals surface area contributed by atoms with Crippen molar-refractivity contribution in [3.05, 3.63) is 48.0 Å². The molecule has 2 aromatic carbocycles. The number of anilines is 1. The molecule has 1 fully saturated rings. The highest BCUT2D eigenvalue weighted by molar-refractivity contribution is 5.93. The third-order valence-electron chi connectivity index (χ3n) is 4.94. The van der Waals surface area contributed by atoms with Crippen LogP contribution in [0.3, 0.4) is 0 Å². The van der Waals surface area contributed by atoms with Crippen molar-refractivity contribution >= 4 is 11.6 Å². The maximum Gasteiger partial charge on any atom is 0.387 e. The highest BCUT2D eigenvalue weighted by Gasteiger charge is 2.30. The van der Waals surface area contributed by atoms with Crippen LogP contribution in [0.5, 0.6) is 17.2 Å². The Bertz CT molecular complexity index is 890. The number of nitrogens with zero attached hydrogens (tertiary/aromatic N) is 1. The highest BCUT2D eigenvalue weighted by Crippen LogP contribution is 2.33. The maximum absolute atomic E-state index is 12.8. The Morgan fingerprint density at radius 1 is 1.09 bits per heavy atom. The number of hydrogen-bond donors (Lipinski definition) is 1. The molecule has 0 spiro atoms. The average molecular weight is 449 g/mol. The van der Waals surface area contributed by atoms with Crippen molar-refractivity contribution in [1.82, 2.24) is 4.90 Å². The van der Waals surface area contributed by atoms with E-state index in [0.29, 0.717) is 37.2 Å². The van der Waals surface area contributed by atoms with Crippen molar-refractivity contribution in [2.24, 2.45) is 0 Å². The zero-order valence-electron chi connectivity index (χ0n) is 18.5. The molecule has 1 amide bonds. The average Bonchev–Trinajstić information content (AvgIpc) is 3.60. The summed E-state index contributed by atoms with van der Waals surface area (Å²) in [7, 11) is 0. The summed E-state index contributed by atoms with van der Waals surface area (Å²) in [4.78, 5) is 14.9. The Kier molecular flexibility index (Phi) is 8.67. The number of rotatable bonds is 13. The molecule has 0 bridgehead atoms. The van der Waals surface area contributed by atoms with Gasteiger partial charge in [0.2, 0.25) is 5.91 Å². The fraction of sp³-hybridized carbons (Fsp3) is 0.458. The van der Waals surface area contributed by atoms with Crippen molar-refractivity contribution in [3.8, 4) is 17.2 Å². The molecule has 0 radical (unpaired) electrons. The molecular formula is C24H30F2N2O4. The molecule has 32 heavy (non-hydrogen) atoms. The quantitative estimate of drug-likeness (QED) is 0.463. The van der Waals surface area contributed by atoms with Gasteiger partial charge in [0.15, 0.2) is 11.5 Å². The van der Waals surface area contributed by atoms with Crippen LogP contribution in [0.4, 0.5) is 14.5 Å². The Morgan fingerprint density at radius 2 is 1.88 bits per heavy atom. The topological polar surface area (TPSA) is 60.0 Å². The Balaban J connectivity index is 1.66. The summed E-state index contributed by atoms with van der Waals surface area (Å²) in [5.41, 5.74) is 1.51. The number of halogens is 2. The summed E-state index contributed by atoms with van der Waals surface area (Å²) >= 11 is 0. The third-order valence-corrected chi connectivity index (χ3v) is 4.94. The van der Waals surface area contributed by atoms with E-state index in [0.717, 1.165) is 24.8 Å². The molecule has 2 aromatic rings. The van der Waals surface area contributed by atoms with Crippen LogP contribution in [0, 0.1) is 0 Å². The van der Waals surface area contributed by atoms with E-state index >= 15 is 0 Å². The molecule has 0 unspecified atom stereocenters. The van der Waals surface area contributed by atoms with E-state index in [-0.39, 0.29) is 24.0 Å². The highest BCUT2D eigenvalue weighted by atomic mass is 19.3. The molecule has 0 aliphatic heterocycles. The van der Waals surface area contributed by atoms with Gasteiger partial charge in [-0.2, -0.15) is 8.78 Å².